The van der Waals surface area contributed by atoms with Gasteiger partial charge in [-0.2, -0.15) is 0 Å². The van der Waals surface area contributed by atoms with Crippen molar-refractivity contribution in [1.29, 1.82) is 0 Å². The van der Waals surface area contributed by atoms with E-state index in [2.05, 4.69) is 10.6 Å². The smallest absolute Gasteiger partial charge is 0.224 e. The molecule has 4 nitrogen and oxygen atoms in total. The number of methoxy groups -OCH3 is 1. The van der Waals surface area contributed by atoms with Gasteiger partial charge in [-0.05, 0) is 13.0 Å². The fourth-order valence-corrected chi connectivity index (χ4v) is 1.06. The Hall–Kier alpha value is -0.610. The summed E-state index contributed by atoms with van der Waals surface area (Å²) < 4.78 is 4.89. The molecule has 0 aromatic carbocycles. The van der Waals surface area contributed by atoms with Gasteiger partial charge in [-0.15, -0.1) is 0 Å². The predicted molar refractivity (Wildman–Crippen MR) is 57.2 cm³/mol. The number of nitrogens with one attached hydrogen (secondary N) is 2. The quantitative estimate of drug-likeness (QED) is 0.560. The zero-order valence-electron chi connectivity index (χ0n) is 9.43. The third-order valence-electron chi connectivity index (χ3n) is 1.97. The molecule has 0 aliphatic rings. The summed E-state index contributed by atoms with van der Waals surface area (Å²) in [7, 11) is 1.66. The van der Waals surface area contributed by atoms with Crippen LogP contribution in [0.5, 0.6) is 0 Å². The molecule has 0 radical (unpaired) electrons. The molecular formula is C10H22N2O2. The van der Waals surface area contributed by atoms with Gasteiger partial charge in [0.2, 0.25) is 5.91 Å². The molecule has 1 unspecified atom stereocenters. The van der Waals surface area contributed by atoms with Crippen LogP contribution in [-0.4, -0.2) is 39.3 Å². The highest BCUT2D eigenvalue weighted by molar-refractivity contribution is 5.78. The predicted octanol–water partition coefficient (Wildman–Crippen LogP) is 0.385. The molecule has 2 N–H and O–H groups in total. The highest BCUT2D eigenvalue weighted by Crippen LogP contribution is 1.92. The van der Waals surface area contributed by atoms with Crippen LogP contribution in [-0.2, 0) is 9.53 Å². The molecule has 0 spiro atoms. The van der Waals surface area contributed by atoms with Crippen LogP contribution in [0.25, 0.3) is 0 Å². The third-order valence-corrected chi connectivity index (χ3v) is 1.97. The van der Waals surface area contributed by atoms with Crippen molar-refractivity contribution in [1.82, 2.24) is 10.6 Å². The lowest BCUT2D eigenvalue weighted by Gasteiger charge is -2.11. The zero-order chi connectivity index (χ0) is 10.8. The first-order valence-corrected chi connectivity index (χ1v) is 5.19. The third kappa shape index (κ3) is 6.86. The number of rotatable bonds is 8. The Morgan fingerprint density at radius 2 is 2.21 bits per heavy atom. The molecule has 0 aliphatic heterocycles. The molecule has 14 heavy (non-hydrogen) atoms. The molecule has 84 valence electrons. The van der Waals surface area contributed by atoms with E-state index in [1.165, 1.54) is 0 Å². The lowest BCUT2D eigenvalue weighted by molar-refractivity contribution is -0.124. The monoisotopic (exact) mass is 202 g/mol. The molecule has 0 heterocycles. The summed E-state index contributed by atoms with van der Waals surface area (Å²) in [6.45, 7) is 7.00. The van der Waals surface area contributed by atoms with Crippen LogP contribution >= 0.6 is 0 Å². The molecule has 0 rings (SSSR count). The lowest BCUT2D eigenvalue weighted by atomic mass is 10.1. The second-order valence-electron chi connectivity index (χ2n) is 3.35. The molecule has 0 fully saturated rings. The summed E-state index contributed by atoms with van der Waals surface area (Å²) >= 11 is 0. The summed E-state index contributed by atoms with van der Waals surface area (Å²) in [6, 6.07) is 0. The Morgan fingerprint density at radius 1 is 1.50 bits per heavy atom. The molecule has 4 heteroatoms. The average molecular weight is 202 g/mol. The van der Waals surface area contributed by atoms with Crippen LogP contribution < -0.4 is 10.6 Å². The highest BCUT2D eigenvalue weighted by Gasteiger charge is 2.10. The maximum Gasteiger partial charge on any atom is 0.224 e. The van der Waals surface area contributed by atoms with Gasteiger partial charge in [-0.25, -0.2) is 0 Å². The van der Waals surface area contributed by atoms with Crippen LogP contribution in [0.1, 0.15) is 20.3 Å². The summed E-state index contributed by atoms with van der Waals surface area (Å²) in [5, 5.41) is 6.01. The summed E-state index contributed by atoms with van der Waals surface area (Å²) in [5.41, 5.74) is 0. The number of carbonyl (C=O) groups excluding carboxylic acids is 1. The molecule has 0 aromatic rings. The molecule has 0 saturated carbocycles. The Balaban J connectivity index is 3.42. The fraction of sp³-hybridized carbons (Fsp3) is 0.900. The maximum atomic E-state index is 11.4. The van der Waals surface area contributed by atoms with Crippen LogP contribution in [0, 0.1) is 5.92 Å². The van der Waals surface area contributed by atoms with E-state index in [0.717, 1.165) is 19.5 Å². The van der Waals surface area contributed by atoms with Gasteiger partial charge in [-0.1, -0.05) is 13.8 Å². The Labute approximate surface area is 86.4 Å². The fourth-order valence-electron chi connectivity index (χ4n) is 1.06. The molecule has 1 amide bonds. The van der Waals surface area contributed by atoms with E-state index in [1.54, 1.807) is 7.11 Å². The number of hydrogen-bond acceptors (Lipinski definition) is 3. The normalized spacial score (nSPS) is 12.5. The van der Waals surface area contributed by atoms with Gasteiger partial charge < -0.3 is 15.4 Å². The van der Waals surface area contributed by atoms with E-state index in [0.29, 0.717) is 13.2 Å². The number of carbonyl (C=O) groups is 1. The first kappa shape index (κ1) is 13.4. The van der Waals surface area contributed by atoms with Crippen molar-refractivity contribution in [2.24, 2.45) is 5.92 Å². The van der Waals surface area contributed by atoms with Crippen molar-refractivity contribution >= 4 is 5.91 Å². The topological polar surface area (TPSA) is 50.4 Å². The summed E-state index contributed by atoms with van der Waals surface area (Å²) in [5.74, 6) is 0.152. The molecular weight excluding hydrogens is 180 g/mol. The first-order valence-electron chi connectivity index (χ1n) is 5.19. The molecule has 0 bridgehead atoms. The highest BCUT2D eigenvalue weighted by atomic mass is 16.5. The lowest BCUT2D eigenvalue weighted by Crippen LogP contribution is -2.35. The van der Waals surface area contributed by atoms with Crippen molar-refractivity contribution in [2.45, 2.75) is 20.3 Å². The Kier molecular flexibility index (Phi) is 8.57. The molecule has 0 saturated heterocycles. The van der Waals surface area contributed by atoms with Crippen molar-refractivity contribution in [3.05, 3.63) is 0 Å². The van der Waals surface area contributed by atoms with E-state index in [9.17, 15) is 4.79 Å². The van der Waals surface area contributed by atoms with Crippen molar-refractivity contribution in [3.8, 4) is 0 Å². The molecule has 0 aliphatic carbocycles. The first-order chi connectivity index (χ1) is 6.72. The minimum Gasteiger partial charge on any atom is -0.385 e. The van der Waals surface area contributed by atoms with E-state index in [1.807, 2.05) is 13.8 Å². The van der Waals surface area contributed by atoms with Gasteiger partial charge in [0.05, 0.1) is 0 Å². The van der Waals surface area contributed by atoms with Crippen molar-refractivity contribution < 1.29 is 9.53 Å². The SMILES string of the molecule is CCNCC(C)C(=O)NCCCOC. The van der Waals surface area contributed by atoms with Gasteiger partial charge in [0.1, 0.15) is 0 Å². The van der Waals surface area contributed by atoms with Crippen LogP contribution in [0.3, 0.4) is 0 Å². The molecule has 0 aromatic heterocycles. The van der Waals surface area contributed by atoms with E-state index < -0.39 is 0 Å². The minimum atomic E-state index is 0.0393. The number of amides is 1. The van der Waals surface area contributed by atoms with Crippen LogP contribution in [0.4, 0.5) is 0 Å². The van der Waals surface area contributed by atoms with Gasteiger partial charge in [0, 0.05) is 32.7 Å². The zero-order valence-corrected chi connectivity index (χ0v) is 9.43. The van der Waals surface area contributed by atoms with Crippen molar-refractivity contribution in [2.75, 3.05) is 33.4 Å². The summed E-state index contributed by atoms with van der Waals surface area (Å²) in [6.07, 6.45) is 0.871. The largest absolute Gasteiger partial charge is 0.385 e. The van der Waals surface area contributed by atoms with Crippen LogP contribution in [0.15, 0.2) is 0 Å². The van der Waals surface area contributed by atoms with Gasteiger partial charge in [0.15, 0.2) is 0 Å². The van der Waals surface area contributed by atoms with Crippen LogP contribution in [0.2, 0.25) is 0 Å². The van der Waals surface area contributed by atoms with Gasteiger partial charge in [0.25, 0.3) is 0 Å². The van der Waals surface area contributed by atoms with E-state index >= 15 is 0 Å². The number of hydrogen-bond donors (Lipinski definition) is 2. The van der Waals surface area contributed by atoms with E-state index in [4.69, 9.17) is 4.74 Å². The van der Waals surface area contributed by atoms with Gasteiger partial charge in [-0.3, -0.25) is 4.79 Å². The second-order valence-corrected chi connectivity index (χ2v) is 3.35. The Morgan fingerprint density at radius 3 is 2.79 bits per heavy atom. The minimum absolute atomic E-state index is 0.0393. The maximum absolute atomic E-state index is 11.4. The second kappa shape index (κ2) is 8.97. The van der Waals surface area contributed by atoms with Gasteiger partial charge >= 0.3 is 0 Å². The van der Waals surface area contributed by atoms with E-state index in [-0.39, 0.29) is 11.8 Å². The summed E-state index contributed by atoms with van der Waals surface area (Å²) in [4.78, 5) is 11.4. The Bertz CT molecular complexity index is 151. The molecule has 1 atom stereocenters. The van der Waals surface area contributed by atoms with Crippen molar-refractivity contribution in [3.63, 3.8) is 0 Å². The average Bonchev–Trinajstić information content (AvgIpc) is 2.20. The standard InChI is InChI=1S/C10H22N2O2/c1-4-11-8-9(2)10(13)12-6-5-7-14-3/h9,11H,4-8H2,1-3H3,(H,12,13). The number of ether oxygens (including phenoxy) is 1.